The van der Waals surface area contributed by atoms with Gasteiger partial charge >= 0.3 is 11.9 Å². The molecule has 3 N–H and O–H groups in total. The van der Waals surface area contributed by atoms with Crippen molar-refractivity contribution in [2.75, 3.05) is 46.5 Å². The molecule has 14 nitrogen and oxygen atoms in total. The first-order valence-corrected chi connectivity index (χ1v) is 22.1. The van der Waals surface area contributed by atoms with Crippen molar-refractivity contribution in [3.63, 3.8) is 0 Å². The molecular formula is C46H52N4O10S. The highest BCUT2D eigenvalue weighted by Crippen LogP contribution is 2.65. The number of piperazine rings is 1. The van der Waals surface area contributed by atoms with Crippen molar-refractivity contribution in [3.05, 3.63) is 75.4 Å². The largest absolute Gasteiger partial charge is 0.504 e. The lowest BCUT2D eigenvalue weighted by atomic mass is 9.71. The van der Waals surface area contributed by atoms with E-state index in [1.165, 1.54) is 18.9 Å². The van der Waals surface area contributed by atoms with Gasteiger partial charge in [-0.3, -0.25) is 19.9 Å². The van der Waals surface area contributed by atoms with Gasteiger partial charge in [0.25, 0.3) is 0 Å². The third kappa shape index (κ3) is 6.23. The second-order valence-corrected chi connectivity index (χ2v) is 17.9. The van der Waals surface area contributed by atoms with Crippen molar-refractivity contribution in [3.8, 4) is 46.3 Å². The molecule has 0 radical (unpaired) electrons. The first-order chi connectivity index (χ1) is 29.5. The average Bonchev–Trinajstić information content (AvgIpc) is 3.74. The molecule has 322 valence electrons. The zero-order valence-corrected chi connectivity index (χ0v) is 36.0. The summed E-state index contributed by atoms with van der Waals surface area (Å²) >= 11 is 1.49. The minimum atomic E-state index is -1.39. The molecule has 4 bridgehead atoms. The maximum atomic E-state index is 14.9. The molecule has 3 aromatic carbocycles. The first-order valence-electron chi connectivity index (χ1n) is 21.1. The molecule has 7 heterocycles. The van der Waals surface area contributed by atoms with E-state index >= 15 is 0 Å². The molecule has 7 aliphatic rings. The number of rotatable bonds is 9. The van der Waals surface area contributed by atoms with Crippen molar-refractivity contribution in [1.82, 2.24) is 15.1 Å². The molecule has 3 aromatic rings. The Morgan fingerprint density at radius 3 is 2.62 bits per heavy atom. The molecule has 2 unspecified atom stereocenters. The van der Waals surface area contributed by atoms with Gasteiger partial charge in [0.2, 0.25) is 6.79 Å². The third-order valence-electron chi connectivity index (χ3n) is 13.6. The van der Waals surface area contributed by atoms with Crippen LogP contribution in [-0.2, 0) is 32.7 Å². The Bertz CT molecular complexity index is 2370. The summed E-state index contributed by atoms with van der Waals surface area (Å²) in [6.07, 6.45) is 5.54. The maximum Gasteiger partial charge on any atom is 0.331 e. The molecule has 2 saturated heterocycles. The quantitative estimate of drug-likeness (QED) is 0.0975. The van der Waals surface area contributed by atoms with E-state index in [0.717, 1.165) is 29.5 Å². The van der Waals surface area contributed by atoms with E-state index in [1.807, 2.05) is 19.9 Å². The van der Waals surface area contributed by atoms with Gasteiger partial charge in [-0.05, 0) is 67.5 Å². The van der Waals surface area contributed by atoms with Crippen LogP contribution < -0.4 is 29.0 Å². The van der Waals surface area contributed by atoms with Gasteiger partial charge in [-0.15, -0.1) is 18.3 Å². The van der Waals surface area contributed by atoms with Crippen LogP contribution in [0.4, 0.5) is 0 Å². The summed E-state index contributed by atoms with van der Waals surface area (Å²) in [6.45, 7) is 10.6. The number of phenols is 2. The number of hydrogen-bond donors (Lipinski definition) is 3. The predicted molar refractivity (Wildman–Crippen MR) is 226 cm³/mol. The highest BCUT2D eigenvalue weighted by Gasteiger charge is 2.62. The number of unbranched alkanes of at least 4 members (excludes halogenated alkanes) is 2. The van der Waals surface area contributed by atoms with Gasteiger partial charge < -0.3 is 38.6 Å². The molecule has 0 amide bonds. The number of thioether (sulfide) groups is 1. The van der Waals surface area contributed by atoms with Crippen molar-refractivity contribution in [1.29, 1.82) is 5.26 Å². The number of fused-ring (bicyclic) bond motifs is 9. The molecule has 10 rings (SSSR count). The van der Waals surface area contributed by atoms with Crippen molar-refractivity contribution < 1.29 is 48.2 Å². The van der Waals surface area contributed by atoms with E-state index in [2.05, 4.69) is 40.8 Å². The fourth-order valence-electron chi connectivity index (χ4n) is 11.0. The second kappa shape index (κ2) is 16.0. The van der Waals surface area contributed by atoms with Crippen LogP contribution in [0.15, 0.2) is 30.9 Å². The van der Waals surface area contributed by atoms with E-state index in [1.54, 1.807) is 19.2 Å². The van der Waals surface area contributed by atoms with Crippen LogP contribution in [-0.4, -0.2) is 96.5 Å². The normalized spacial score (nSPS) is 27.2. The fourth-order valence-corrected chi connectivity index (χ4v) is 12.7. The van der Waals surface area contributed by atoms with Crippen LogP contribution in [0, 0.1) is 25.2 Å². The Morgan fingerprint density at radius 1 is 1.08 bits per heavy atom. The Balaban J connectivity index is 1.33. The van der Waals surface area contributed by atoms with Gasteiger partial charge in [-0.1, -0.05) is 31.9 Å². The molecule has 2 fully saturated rings. The van der Waals surface area contributed by atoms with Gasteiger partial charge in [0, 0.05) is 59.6 Å². The molecule has 7 atom stereocenters. The molecular weight excluding hydrogens is 801 g/mol. The number of carbonyl (C=O) groups is 2. The lowest BCUT2D eigenvalue weighted by Gasteiger charge is -2.62. The number of nitriles is 1. The fraction of sp³-hybridized carbons (Fsp3) is 0.500. The lowest BCUT2D eigenvalue weighted by Crippen LogP contribution is -2.70. The van der Waals surface area contributed by atoms with Crippen molar-refractivity contribution in [2.45, 2.75) is 100 Å². The number of aryl methyl sites for hydroxylation is 1. The number of benzene rings is 3. The monoisotopic (exact) mass is 852 g/mol. The summed E-state index contributed by atoms with van der Waals surface area (Å²) < 4.78 is 36.9. The third-order valence-corrected chi connectivity index (χ3v) is 15.0. The zero-order chi connectivity index (χ0) is 42.9. The van der Waals surface area contributed by atoms with Crippen molar-refractivity contribution >= 4 is 23.7 Å². The van der Waals surface area contributed by atoms with Crippen LogP contribution in [0.5, 0.6) is 40.2 Å². The molecule has 15 heteroatoms. The standard InChI is InChI=1S/C46H52N4O10S/c1-7-9-10-11-33(52)60-41-24(4)42-43(59-22-58-42)35-30-20-57-45(54)46(27-18-32(55-5)31(51)17-25(27)12-13-48-46)21-61-44(36(35)41)38-37-34-26(15-23(3)40(56-6)39(34)53)16-28(49(37)14-8-2)29(19-47)50(30)38/h8,15,17-18,28-30,37-38,44,48,51,53H,2,7,9-14,16,20-22H2,1,3-6H3/t28?,29-,30-,37+,38?,44+,46+/m0/s1. The number of phenolic OH excluding ortho intramolecular Hbond substituents is 2. The highest BCUT2D eigenvalue weighted by molar-refractivity contribution is 7.99. The number of methoxy groups -OCH3 is 2. The summed E-state index contributed by atoms with van der Waals surface area (Å²) in [7, 11) is 3.01. The van der Waals surface area contributed by atoms with Crippen LogP contribution >= 0.6 is 11.8 Å². The highest BCUT2D eigenvalue weighted by atomic mass is 32.2. The smallest absolute Gasteiger partial charge is 0.331 e. The van der Waals surface area contributed by atoms with Gasteiger partial charge in [0.05, 0.1) is 37.6 Å². The van der Waals surface area contributed by atoms with E-state index in [0.29, 0.717) is 83.2 Å². The number of nitrogens with one attached hydrogen (secondary N) is 1. The summed E-state index contributed by atoms with van der Waals surface area (Å²) in [5.74, 6) is 1.13. The van der Waals surface area contributed by atoms with Gasteiger partial charge in [0.15, 0.2) is 40.0 Å². The lowest BCUT2D eigenvalue weighted by molar-refractivity contribution is -0.157. The van der Waals surface area contributed by atoms with Gasteiger partial charge in [-0.2, -0.15) is 5.26 Å². The second-order valence-electron chi connectivity index (χ2n) is 16.7. The van der Waals surface area contributed by atoms with E-state index in [4.69, 9.17) is 28.4 Å². The Kier molecular flexibility index (Phi) is 10.8. The topological polar surface area (TPSA) is 172 Å². The van der Waals surface area contributed by atoms with Crippen molar-refractivity contribution in [2.24, 2.45) is 0 Å². The van der Waals surface area contributed by atoms with Gasteiger partial charge in [0.1, 0.15) is 18.4 Å². The van der Waals surface area contributed by atoms with Crippen LogP contribution in [0.3, 0.4) is 0 Å². The van der Waals surface area contributed by atoms with E-state index < -0.39 is 40.9 Å². The molecule has 7 aliphatic heterocycles. The maximum absolute atomic E-state index is 14.9. The SMILES string of the molecule is C=CCN1C2Cc3cc(C)c(OC)c(O)c3[C@@H]1C1[C@@H]3SC[C@]4(NCCc5cc(O)c(OC)cc54)C(=O)OC[C@@H](c4c5c(c(C)c(OC(=O)CCCCC)c43)OCO5)N1[C@H]2C#N. The Labute approximate surface area is 359 Å². The van der Waals surface area contributed by atoms with Gasteiger partial charge in [-0.25, -0.2) is 4.79 Å². The molecule has 0 saturated carbocycles. The summed E-state index contributed by atoms with van der Waals surface area (Å²) in [5.41, 5.74) is 4.40. The molecule has 0 aliphatic carbocycles. The zero-order valence-electron chi connectivity index (χ0n) is 35.2. The number of nitrogens with zero attached hydrogens (tertiary/aromatic N) is 3. The summed E-state index contributed by atoms with van der Waals surface area (Å²) in [4.78, 5) is 33.3. The molecule has 61 heavy (non-hydrogen) atoms. The molecule has 1 spiro atoms. The van der Waals surface area contributed by atoms with Crippen LogP contribution in [0.25, 0.3) is 0 Å². The number of ether oxygens (including phenoxy) is 6. The summed E-state index contributed by atoms with van der Waals surface area (Å²) in [6, 6.07) is 5.14. The minimum absolute atomic E-state index is 0.0252. The number of aromatic hydroxyl groups is 2. The Hall–Kier alpha value is -5.14. The summed E-state index contributed by atoms with van der Waals surface area (Å²) in [5, 5.41) is 37.5. The first kappa shape index (κ1) is 41.2. The Morgan fingerprint density at radius 2 is 1.89 bits per heavy atom. The van der Waals surface area contributed by atoms with Crippen LogP contribution in [0.2, 0.25) is 0 Å². The molecule has 0 aromatic heterocycles. The average molecular weight is 853 g/mol. The predicted octanol–water partition coefficient (Wildman–Crippen LogP) is 6.10. The number of esters is 2. The number of carbonyl (C=O) groups excluding carboxylic acids is 2. The van der Waals surface area contributed by atoms with E-state index in [9.17, 15) is 25.1 Å². The number of hydrogen-bond acceptors (Lipinski definition) is 15. The van der Waals surface area contributed by atoms with Crippen LogP contribution in [0.1, 0.15) is 94.4 Å². The van der Waals surface area contributed by atoms with E-state index in [-0.39, 0.29) is 54.8 Å². The minimum Gasteiger partial charge on any atom is -0.504 e.